The molecule has 1 unspecified atom stereocenters. The first kappa shape index (κ1) is 23.7. The molecule has 3 heterocycles. The Labute approximate surface area is 220 Å². The van der Waals surface area contributed by atoms with Gasteiger partial charge in [0, 0.05) is 39.5 Å². The molecule has 0 saturated heterocycles. The maximum atomic E-state index is 13.8. The van der Waals surface area contributed by atoms with Crippen LogP contribution >= 0.6 is 11.6 Å². The van der Waals surface area contributed by atoms with Crippen molar-refractivity contribution in [2.45, 2.75) is 45.1 Å². The number of benzene rings is 3. The van der Waals surface area contributed by atoms with E-state index in [4.69, 9.17) is 16.6 Å². The summed E-state index contributed by atoms with van der Waals surface area (Å²) in [4.78, 5) is 23.7. The molecule has 3 aromatic carbocycles. The normalized spacial score (nSPS) is 15.3. The van der Waals surface area contributed by atoms with Crippen LogP contribution in [0, 0.1) is 5.82 Å². The molecule has 1 aliphatic rings. The number of carbonyl (C=O) groups is 1. The first-order valence-electron chi connectivity index (χ1n) is 12.7. The highest BCUT2D eigenvalue weighted by Crippen LogP contribution is 2.35. The average Bonchev–Trinajstić information content (AvgIpc) is 3.26. The summed E-state index contributed by atoms with van der Waals surface area (Å²) < 4.78 is 13.8. The molecule has 0 spiro atoms. The third-order valence-corrected chi connectivity index (χ3v) is 7.62. The number of nitrogens with zero attached hydrogens (tertiary/aromatic N) is 2. The van der Waals surface area contributed by atoms with Gasteiger partial charge in [0.25, 0.3) is 0 Å². The minimum Gasteiger partial charge on any atom is -0.353 e. The molecule has 1 atom stereocenters. The van der Waals surface area contributed by atoms with Crippen molar-refractivity contribution in [1.29, 1.82) is 0 Å². The zero-order valence-corrected chi connectivity index (χ0v) is 21.4. The molecule has 37 heavy (non-hydrogen) atoms. The number of anilines is 1. The Hall–Kier alpha value is -3.70. The summed E-state index contributed by atoms with van der Waals surface area (Å²) >= 11 is 6.37. The van der Waals surface area contributed by atoms with Gasteiger partial charge in [-0.05, 0) is 92.3 Å². The second-order valence-corrected chi connectivity index (χ2v) is 10.3. The van der Waals surface area contributed by atoms with Crippen molar-refractivity contribution >= 4 is 45.0 Å². The summed E-state index contributed by atoms with van der Waals surface area (Å²) in [6.07, 6.45) is 3.41. The first-order chi connectivity index (χ1) is 18.0. The number of H-pyrrole nitrogens is 1. The summed E-state index contributed by atoms with van der Waals surface area (Å²) in [5, 5.41) is 2.82. The fourth-order valence-corrected chi connectivity index (χ4v) is 5.71. The first-order valence-corrected chi connectivity index (χ1v) is 13.1. The Morgan fingerprint density at radius 1 is 1.11 bits per heavy atom. The largest absolute Gasteiger partial charge is 0.353 e. The standard InChI is InChI=1S/C31H27ClFN3O/c1-19-9-10-21-17-23(33)13-16-29(21)36(19)30(37)8-4-6-24-25-18-22(32)12-15-27(25)35-31(24)28-14-11-20-5-2-3-7-26(20)34-28/h2-3,5,7,11-19,35H,4,6,8-10H2,1H3. The van der Waals surface area contributed by atoms with Crippen molar-refractivity contribution in [3.05, 3.63) is 94.8 Å². The number of fused-ring (bicyclic) bond motifs is 3. The molecule has 6 heteroatoms. The van der Waals surface area contributed by atoms with Crippen LogP contribution in [0.25, 0.3) is 33.2 Å². The molecule has 1 amide bonds. The highest BCUT2D eigenvalue weighted by atomic mass is 35.5. The van der Waals surface area contributed by atoms with Gasteiger partial charge in [0.1, 0.15) is 5.82 Å². The van der Waals surface area contributed by atoms with Gasteiger partial charge in [0.2, 0.25) is 5.91 Å². The van der Waals surface area contributed by atoms with E-state index in [1.165, 1.54) is 6.07 Å². The van der Waals surface area contributed by atoms with Crippen LogP contribution in [-0.4, -0.2) is 21.9 Å². The number of amides is 1. The van der Waals surface area contributed by atoms with Crippen molar-refractivity contribution in [1.82, 2.24) is 9.97 Å². The molecule has 4 nitrogen and oxygen atoms in total. The zero-order valence-electron chi connectivity index (χ0n) is 20.6. The number of pyridine rings is 1. The van der Waals surface area contributed by atoms with E-state index in [0.29, 0.717) is 24.3 Å². The topological polar surface area (TPSA) is 49.0 Å². The van der Waals surface area contributed by atoms with Crippen LogP contribution in [0.1, 0.15) is 37.3 Å². The van der Waals surface area contributed by atoms with Crippen molar-refractivity contribution in [2.24, 2.45) is 0 Å². The van der Waals surface area contributed by atoms with Crippen LogP contribution in [0.3, 0.4) is 0 Å². The third-order valence-electron chi connectivity index (χ3n) is 7.38. The maximum Gasteiger partial charge on any atom is 0.227 e. The smallest absolute Gasteiger partial charge is 0.227 e. The molecular formula is C31H27ClFN3O. The molecule has 5 aromatic rings. The maximum absolute atomic E-state index is 13.8. The fourth-order valence-electron chi connectivity index (χ4n) is 5.54. The lowest BCUT2D eigenvalue weighted by Crippen LogP contribution is -2.42. The van der Waals surface area contributed by atoms with E-state index in [-0.39, 0.29) is 17.8 Å². The molecule has 1 aliphatic heterocycles. The van der Waals surface area contributed by atoms with Crippen LogP contribution < -0.4 is 4.90 Å². The number of hydrogen-bond donors (Lipinski definition) is 1. The van der Waals surface area contributed by atoms with Crippen LogP contribution in [0.2, 0.25) is 5.02 Å². The molecule has 2 aromatic heterocycles. The van der Waals surface area contributed by atoms with Crippen molar-refractivity contribution in [3.63, 3.8) is 0 Å². The average molecular weight is 512 g/mol. The predicted molar refractivity (Wildman–Crippen MR) is 149 cm³/mol. The summed E-state index contributed by atoms with van der Waals surface area (Å²) in [6.45, 7) is 2.06. The zero-order chi connectivity index (χ0) is 25.5. The Bertz CT molecular complexity index is 1640. The Balaban J connectivity index is 1.29. The number of nitrogens with one attached hydrogen (secondary N) is 1. The van der Waals surface area contributed by atoms with Gasteiger partial charge >= 0.3 is 0 Å². The van der Waals surface area contributed by atoms with E-state index < -0.39 is 0 Å². The number of aromatic amines is 1. The molecule has 0 bridgehead atoms. The minimum atomic E-state index is -0.256. The number of aromatic nitrogens is 2. The molecule has 1 N–H and O–H groups in total. The van der Waals surface area contributed by atoms with Crippen LogP contribution in [0.15, 0.2) is 72.8 Å². The van der Waals surface area contributed by atoms with Gasteiger partial charge in [-0.1, -0.05) is 35.9 Å². The van der Waals surface area contributed by atoms with Gasteiger partial charge in [0.05, 0.1) is 16.9 Å². The molecular weight excluding hydrogens is 485 g/mol. The summed E-state index contributed by atoms with van der Waals surface area (Å²) in [5.74, 6) is -0.183. The minimum absolute atomic E-state index is 0.0725. The Kier molecular flexibility index (Phi) is 6.17. The van der Waals surface area contributed by atoms with E-state index in [9.17, 15) is 9.18 Å². The lowest BCUT2D eigenvalue weighted by Gasteiger charge is -2.35. The fraction of sp³-hybridized carbons (Fsp3) is 0.226. The number of aryl methyl sites for hydroxylation is 2. The highest BCUT2D eigenvalue weighted by Gasteiger charge is 2.28. The molecule has 186 valence electrons. The van der Waals surface area contributed by atoms with Gasteiger partial charge < -0.3 is 9.88 Å². The van der Waals surface area contributed by atoms with E-state index in [0.717, 1.165) is 62.8 Å². The predicted octanol–water partition coefficient (Wildman–Crippen LogP) is 7.87. The molecule has 0 saturated carbocycles. The van der Waals surface area contributed by atoms with E-state index >= 15 is 0 Å². The second kappa shape index (κ2) is 9.64. The number of rotatable bonds is 5. The summed E-state index contributed by atoms with van der Waals surface area (Å²) in [5.41, 5.74) is 6.62. The van der Waals surface area contributed by atoms with Gasteiger partial charge in [0.15, 0.2) is 0 Å². The lowest BCUT2D eigenvalue weighted by atomic mass is 9.95. The van der Waals surface area contributed by atoms with Crippen molar-refractivity contribution < 1.29 is 9.18 Å². The second-order valence-electron chi connectivity index (χ2n) is 9.84. The quantitative estimate of drug-likeness (QED) is 0.261. The van der Waals surface area contributed by atoms with Gasteiger partial charge in [-0.25, -0.2) is 9.37 Å². The summed E-state index contributed by atoms with van der Waals surface area (Å²) in [7, 11) is 0. The van der Waals surface area contributed by atoms with E-state index in [2.05, 4.69) is 24.0 Å². The van der Waals surface area contributed by atoms with Crippen molar-refractivity contribution in [3.8, 4) is 11.4 Å². The molecule has 0 radical (unpaired) electrons. The highest BCUT2D eigenvalue weighted by molar-refractivity contribution is 6.31. The lowest BCUT2D eigenvalue weighted by molar-refractivity contribution is -0.119. The van der Waals surface area contributed by atoms with Crippen LogP contribution in [-0.2, 0) is 17.6 Å². The van der Waals surface area contributed by atoms with Gasteiger partial charge in [-0.2, -0.15) is 0 Å². The molecule has 0 fully saturated rings. The van der Waals surface area contributed by atoms with E-state index in [1.807, 2.05) is 47.4 Å². The number of para-hydroxylation sites is 1. The monoisotopic (exact) mass is 511 g/mol. The Morgan fingerprint density at radius 2 is 1.97 bits per heavy atom. The number of carbonyl (C=O) groups excluding carboxylic acids is 1. The summed E-state index contributed by atoms with van der Waals surface area (Å²) in [6, 6.07) is 22.9. The van der Waals surface area contributed by atoms with Crippen molar-refractivity contribution in [2.75, 3.05) is 4.90 Å². The Morgan fingerprint density at radius 3 is 2.86 bits per heavy atom. The number of hydrogen-bond acceptors (Lipinski definition) is 2. The SMILES string of the molecule is CC1CCc2cc(F)ccc2N1C(=O)CCCc1c(-c2ccc3ccccc3n2)[nH]c2ccc(Cl)cc12. The third kappa shape index (κ3) is 4.49. The van der Waals surface area contributed by atoms with Gasteiger partial charge in [-0.15, -0.1) is 0 Å². The number of halogens is 2. The van der Waals surface area contributed by atoms with Crippen LogP contribution in [0.5, 0.6) is 0 Å². The van der Waals surface area contributed by atoms with Crippen LogP contribution in [0.4, 0.5) is 10.1 Å². The molecule has 0 aliphatic carbocycles. The molecule has 6 rings (SSSR count). The van der Waals surface area contributed by atoms with E-state index in [1.54, 1.807) is 12.1 Å². The van der Waals surface area contributed by atoms with Gasteiger partial charge in [-0.3, -0.25) is 4.79 Å².